The molecule has 146 valence electrons. The number of benzene rings is 2. The third-order valence-electron chi connectivity index (χ3n) is 3.61. The van der Waals surface area contributed by atoms with Crippen molar-refractivity contribution in [3.8, 4) is 5.75 Å². The van der Waals surface area contributed by atoms with Crippen LogP contribution < -0.4 is 14.8 Å². The topological polar surface area (TPSA) is 93.7 Å². The summed E-state index contributed by atoms with van der Waals surface area (Å²) in [6.07, 6.45) is 0.193. The summed E-state index contributed by atoms with van der Waals surface area (Å²) in [4.78, 5) is 11.7. The number of nitrogens with one attached hydrogen (secondary N) is 2. The highest BCUT2D eigenvalue weighted by atomic mass is 35.5. The Labute approximate surface area is 163 Å². The van der Waals surface area contributed by atoms with E-state index in [1.807, 2.05) is 0 Å². The number of methoxy groups -OCH3 is 2. The SMILES string of the molecule is COCCNC(=O)Cc1ccc(NS(=O)(=O)c2cc(Cl)ccc2OC)cc1. The van der Waals surface area contributed by atoms with E-state index >= 15 is 0 Å². The molecule has 2 aromatic rings. The molecule has 0 unspecified atom stereocenters. The molecule has 9 heteroatoms. The molecule has 0 aliphatic carbocycles. The predicted molar refractivity (Wildman–Crippen MR) is 104 cm³/mol. The lowest BCUT2D eigenvalue weighted by molar-refractivity contribution is -0.120. The number of sulfonamides is 1. The summed E-state index contributed by atoms with van der Waals surface area (Å²) in [6, 6.07) is 10.9. The monoisotopic (exact) mass is 412 g/mol. The molecule has 1 amide bonds. The molecule has 2 N–H and O–H groups in total. The maximum Gasteiger partial charge on any atom is 0.265 e. The van der Waals surface area contributed by atoms with Crippen molar-refractivity contribution in [1.29, 1.82) is 0 Å². The van der Waals surface area contributed by atoms with Gasteiger partial charge < -0.3 is 14.8 Å². The standard InChI is InChI=1S/C18H21ClN2O5S/c1-25-10-9-20-18(22)11-13-3-6-15(7-4-13)21-27(23,24)17-12-14(19)5-8-16(17)26-2/h3-8,12,21H,9-11H2,1-2H3,(H,20,22). The maximum absolute atomic E-state index is 12.6. The van der Waals surface area contributed by atoms with E-state index in [0.29, 0.717) is 18.8 Å². The zero-order valence-electron chi connectivity index (χ0n) is 15.0. The normalized spacial score (nSPS) is 11.1. The molecule has 0 spiro atoms. The van der Waals surface area contributed by atoms with E-state index in [2.05, 4.69) is 10.0 Å². The highest BCUT2D eigenvalue weighted by molar-refractivity contribution is 7.92. The number of carbonyl (C=O) groups excluding carboxylic acids is 1. The second-order valence-corrected chi connectivity index (χ2v) is 7.70. The Hall–Kier alpha value is -2.29. The van der Waals surface area contributed by atoms with Crippen molar-refractivity contribution in [3.05, 3.63) is 53.1 Å². The summed E-state index contributed by atoms with van der Waals surface area (Å²) in [5.41, 5.74) is 1.12. The van der Waals surface area contributed by atoms with E-state index in [9.17, 15) is 13.2 Å². The van der Waals surface area contributed by atoms with Gasteiger partial charge in [-0.2, -0.15) is 0 Å². The van der Waals surface area contributed by atoms with E-state index in [0.717, 1.165) is 5.56 Å². The van der Waals surface area contributed by atoms with Gasteiger partial charge in [-0.1, -0.05) is 23.7 Å². The molecule has 0 aromatic heterocycles. The van der Waals surface area contributed by atoms with Crippen molar-refractivity contribution in [2.24, 2.45) is 0 Å². The fourth-order valence-electron chi connectivity index (χ4n) is 2.30. The Kier molecular flexibility index (Phi) is 7.46. The van der Waals surface area contributed by atoms with Crippen molar-refractivity contribution in [3.63, 3.8) is 0 Å². The lowest BCUT2D eigenvalue weighted by atomic mass is 10.1. The second-order valence-electron chi connectivity index (χ2n) is 5.62. The molecule has 0 aliphatic rings. The molecule has 2 rings (SSSR count). The van der Waals surface area contributed by atoms with E-state index < -0.39 is 10.0 Å². The van der Waals surface area contributed by atoms with Crippen molar-refractivity contribution >= 4 is 33.2 Å². The van der Waals surface area contributed by atoms with Gasteiger partial charge in [0.25, 0.3) is 10.0 Å². The number of amides is 1. The molecule has 0 aliphatic heterocycles. The van der Waals surface area contributed by atoms with E-state index in [-0.39, 0.29) is 28.0 Å². The lowest BCUT2D eigenvalue weighted by Crippen LogP contribution is -2.28. The van der Waals surface area contributed by atoms with Crippen LogP contribution in [0.25, 0.3) is 0 Å². The Balaban J connectivity index is 2.07. The average Bonchev–Trinajstić information content (AvgIpc) is 2.63. The molecule has 0 bridgehead atoms. The molecule has 0 radical (unpaired) electrons. The van der Waals surface area contributed by atoms with Crippen LogP contribution in [0.5, 0.6) is 5.75 Å². The van der Waals surface area contributed by atoms with Gasteiger partial charge in [-0.3, -0.25) is 9.52 Å². The fourth-order valence-corrected chi connectivity index (χ4v) is 3.79. The van der Waals surface area contributed by atoms with Crippen LogP contribution in [0.2, 0.25) is 5.02 Å². The van der Waals surface area contributed by atoms with Crippen LogP contribution in [0.1, 0.15) is 5.56 Å². The molecule has 0 saturated heterocycles. The Morgan fingerprint density at radius 3 is 2.44 bits per heavy atom. The zero-order valence-corrected chi connectivity index (χ0v) is 16.6. The van der Waals surface area contributed by atoms with Gasteiger partial charge in [0, 0.05) is 24.4 Å². The number of carbonyl (C=O) groups is 1. The van der Waals surface area contributed by atoms with Crippen molar-refractivity contribution in [2.75, 3.05) is 32.1 Å². The van der Waals surface area contributed by atoms with Gasteiger partial charge >= 0.3 is 0 Å². The summed E-state index contributed by atoms with van der Waals surface area (Å²) in [6.45, 7) is 0.883. The van der Waals surface area contributed by atoms with E-state index in [1.165, 1.54) is 19.2 Å². The number of hydrogen-bond acceptors (Lipinski definition) is 5. The Morgan fingerprint density at radius 2 is 1.81 bits per heavy atom. The van der Waals surface area contributed by atoms with Crippen molar-refractivity contribution < 1.29 is 22.7 Å². The predicted octanol–water partition coefficient (Wildman–Crippen LogP) is 2.45. The molecule has 27 heavy (non-hydrogen) atoms. The van der Waals surface area contributed by atoms with Gasteiger partial charge in [-0.15, -0.1) is 0 Å². The number of halogens is 1. The molecule has 0 atom stereocenters. The minimum absolute atomic E-state index is 0.0564. The fraction of sp³-hybridized carbons (Fsp3) is 0.278. The number of anilines is 1. The summed E-state index contributed by atoms with van der Waals surface area (Å²) >= 11 is 5.90. The number of hydrogen-bond donors (Lipinski definition) is 2. The van der Waals surface area contributed by atoms with Crippen LogP contribution in [0, 0.1) is 0 Å². The summed E-state index contributed by atoms with van der Waals surface area (Å²) < 4.78 is 37.7. The average molecular weight is 413 g/mol. The quantitative estimate of drug-likeness (QED) is 0.617. The van der Waals surface area contributed by atoms with Crippen molar-refractivity contribution in [1.82, 2.24) is 5.32 Å². The van der Waals surface area contributed by atoms with Crippen LogP contribution in [-0.2, 0) is 26.0 Å². The number of ether oxygens (including phenoxy) is 2. The minimum Gasteiger partial charge on any atom is -0.495 e. The molecule has 0 heterocycles. The molecule has 0 fully saturated rings. The van der Waals surface area contributed by atoms with Gasteiger partial charge in [0.05, 0.1) is 20.1 Å². The summed E-state index contributed by atoms with van der Waals surface area (Å²) in [5.74, 6) is 0.0558. The summed E-state index contributed by atoms with van der Waals surface area (Å²) in [7, 11) is -0.938. The van der Waals surface area contributed by atoms with E-state index in [1.54, 1.807) is 37.4 Å². The molecule has 2 aromatic carbocycles. The first-order chi connectivity index (χ1) is 12.9. The van der Waals surface area contributed by atoms with Crippen molar-refractivity contribution in [2.45, 2.75) is 11.3 Å². The Bertz CT molecular complexity index is 885. The first-order valence-corrected chi connectivity index (χ1v) is 9.93. The third kappa shape index (κ3) is 6.13. The van der Waals surface area contributed by atoms with Gasteiger partial charge in [0.2, 0.25) is 5.91 Å². The molecule has 7 nitrogen and oxygen atoms in total. The largest absolute Gasteiger partial charge is 0.495 e. The minimum atomic E-state index is -3.88. The highest BCUT2D eigenvalue weighted by Gasteiger charge is 2.20. The van der Waals surface area contributed by atoms with Crippen LogP contribution in [0.4, 0.5) is 5.69 Å². The number of rotatable bonds is 9. The van der Waals surface area contributed by atoms with E-state index in [4.69, 9.17) is 21.1 Å². The zero-order chi connectivity index (χ0) is 19.9. The molecular weight excluding hydrogens is 392 g/mol. The summed E-state index contributed by atoms with van der Waals surface area (Å²) in [5, 5.41) is 3.01. The van der Waals surface area contributed by atoms with Gasteiger partial charge in [-0.05, 0) is 35.9 Å². The first kappa shape index (κ1) is 21.0. The van der Waals surface area contributed by atoms with Crippen LogP contribution >= 0.6 is 11.6 Å². The Morgan fingerprint density at radius 1 is 1.11 bits per heavy atom. The lowest BCUT2D eigenvalue weighted by Gasteiger charge is -2.12. The maximum atomic E-state index is 12.6. The van der Waals surface area contributed by atoms with Gasteiger partial charge in [0.15, 0.2) is 0 Å². The second kappa shape index (κ2) is 9.59. The van der Waals surface area contributed by atoms with Crippen LogP contribution in [0.15, 0.2) is 47.4 Å². The first-order valence-electron chi connectivity index (χ1n) is 8.06. The van der Waals surface area contributed by atoms with Gasteiger partial charge in [0.1, 0.15) is 10.6 Å². The smallest absolute Gasteiger partial charge is 0.265 e. The third-order valence-corrected chi connectivity index (χ3v) is 5.25. The van der Waals surface area contributed by atoms with Crippen LogP contribution in [-0.4, -0.2) is 41.7 Å². The molecule has 0 saturated carbocycles. The molecular formula is C18H21ClN2O5S. The van der Waals surface area contributed by atoms with Gasteiger partial charge in [-0.25, -0.2) is 8.42 Å². The van der Waals surface area contributed by atoms with Crippen LogP contribution in [0.3, 0.4) is 0 Å². The highest BCUT2D eigenvalue weighted by Crippen LogP contribution is 2.28.